The van der Waals surface area contributed by atoms with Crippen LogP contribution in [0.2, 0.25) is 0 Å². The average Bonchev–Trinajstić information content (AvgIpc) is 2.31. The number of hydrogen-bond acceptors (Lipinski definition) is 3. The minimum Gasteiger partial charge on any atom is -0.481 e. The Labute approximate surface area is 127 Å². The highest BCUT2D eigenvalue weighted by Gasteiger charge is 2.20. The van der Waals surface area contributed by atoms with E-state index >= 15 is 0 Å². The van der Waals surface area contributed by atoms with Crippen molar-refractivity contribution in [3.05, 3.63) is 0 Å². The molecule has 0 rings (SSSR count). The number of nitrogens with one attached hydrogen (secondary N) is 2. The van der Waals surface area contributed by atoms with Crippen LogP contribution in [0, 0.1) is 11.8 Å². The van der Waals surface area contributed by atoms with Gasteiger partial charge in [0.15, 0.2) is 0 Å². The van der Waals surface area contributed by atoms with Gasteiger partial charge in [-0.2, -0.15) is 0 Å². The van der Waals surface area contributed by atoms with Crippen molar-refractivity contribution in [2.75, 3.05) is 20.3 Å². The average molecular weight is 302 g/mol. The number of carboxylic acid groups (broad SMARTS) is 1. The van der Waals surface area contributed by atoms with Crippen molar-refractivity contribution in [2.24, 2.45) is 11.8 Å². The first kappa shape index (κ1) is 19.7. The highest BCUT2D eigenvalue weighted by molar-refractivity contribution is 5.74. The van der Waals surface area contributed by atoms with E-state index < -0.39 is 11.5 Å². The van der Waals surface area contributed by atoms with Crippen LogP contribution in [-0.2, 0) is 9.53 Å². The molecule has 0 aliphatic carbocycles. The summed E-state index contributed by atoms with van der Waals surface area (Å²) in [5.74, 6) is -0.0693. The monoisotopic (exact) mass is 302 g/mol. The van der Waals surface area contributed by atoms with E-state index in [0.29, 0.717) is 31.4 Å². The van der Waals surface area contributed by atoms with Crippen molar-refractivity contribution in [3.8, 4) is 0 Å². The highest BCUT2D eigenvalue weighted by Crippen LogP contribution is 2.20. The second kappa shape index (κ2) is 9.60. The molecule has 0 spiro atoms. The van der Waals surface area contributed by atoms with Crippen LogP contribution in [0.3, 0.4) is 0 Å². The van der Waals surface area contributed by atoms with Crippen molar-refractivity contribution < 1.29 is 19.4 Å². The van der Waals surface area contributed by atoms with E-state index in [0.717, 1.165) is 6.42 Å². The van der Waals surface area contributed by atoms with E-state index in [1.165, 1.54) is 0 Å². The second-order valence-electron chi connectivity index (χ2n) is 6.42. The fourth-order valence-electron chi connectivity index (χ4n) is 2.24. The second-order valence-corrected chi connectivity index (χ2v) is 6.42. The van der Waals surface area contributed by atoms with E-state index in [9.17, 15) is 9.59 Å². The first-order valence-electron chi connectivity index (χ1n) is 7.44. The van der Waals surface area contributed by atoms with Crippen molar-refractivity contribution in [2.45, 2.75) is 52.5 Å². The largest absolute Gasteiger partial charge is 0.481 e. The third kappa shape index (κ3) is 10.1. The molecule has 0 saturated carbocycles. The Morgan fingerprint density at radius 1 is 1.24 bits per heavy atom. The van der Waals surface area contributed by atoms with E-state index in [-0.39, 0.29) is 12.5 Å². The van der Waals surface area contributed by atoms with Crippen LogP contribution < -0.4 is 10.6 Å². The van der Waals surface area contributed by atoms with Gasteiger partial charge >= 0.3 is 12.0 Å². The van der Waals surface area contributed by atoms with Crippen LogP contribution in [0.25, 0.3) is 0 Å². The molecule has 1 unspecified atom stereocenters. The Morgan fingerprint density at radius 3 is 2.33 bits per heavy atom. The summed E-state index contributed by atoms with van der Waals surface area (Å²) in [5, 5.41) is 14.4. The number of hydrogen-bond donors (Lipinski definition) is 3. The number of rotatable bonds is 10. The quantitative estimate of drug-likeness (QED) is 0.577. The number of urea groups is 1. The van der Waals surface area contributed by atoms with Crippen LogP contribution >= 0.6 is 0 Å². The Balaban J connectivity index is 4.08. The summed E-state index contributed by atoms with van der Waals surface area (Å²) in [6.07, 6.45) is 1.60. The molecule has 0 fully saturated rings. The molecule has 6 heteroatoms. The Hall–Kier alpha value is -1.30. The third-order valence-electron chi connectivity index (χ3n) is 3.43. The molecule has 0 heterocycles. The molecular formula is C15H30N2O4. The van der Waals surface area contributed by atoms with Gasteiger partial charge in [0, 0.05) is 20.1 Å². The minimum absolute atomic E-state index is 0.177. The topological polar surface area (TPSA) is 87.7 Å². The molecule has 3 N–H and O–H groups in total. The summed E-state index contributed by atoms with van der Waals surface area (Å²) in [4.78, 5) is 22.4. The minimum atomic E-state index is -0.771. The van der Waals surface area contributed by atoms with Crippen molar-refractivity contribution in [1.29, 1.82) is 0 Å². The predicted molar refractivity (Wildman–Crippen MR) is 82.3 cm³/mol. The number of amides is 2. The van der Waals surface area contributed by atoms with Gasteiger partial charge in [-0.3, -0.25) is 4.79 Å². The van der Waals surface area contributed by atoms with Gasteiger partial charge in [-0.25, -0.2) is 4.79 Å². The van der Waals surface area contributed by atoms with Gasteiger partial charge in [-0.05, 0) is 38.5 Å². The lowest BCUT2D eigenvalue weighted by Crippen LogP contribution is -2.51. The predicted octanol–water partition coefficient (Wildman–Crippen LogP) is 2.24. The van der Waals surface area contributed by atoms with Crippen LogP contribution in [-0.4, -0.2) is 42.9 Å². The van der Waals surface area contributed by atoms with Gasteiger partial charge in [0.1, 0.15) is 0 Å². The maximum absolute atomic E-state index is 11.8. The normalized spacial score (nSPS) is 13.0. The molecular weight excluding hydrogens is 272 g/mol. The van der Waals surface area contributed by atoms with Crippen LogP contribution in [0.5, 0.6) is 0 Å². The summed E-state index contributed by atoms with van der Waals surface area (Å²) in [7, 11) is 1.59. The zero-order valence-corrected chi connectivity index (χ0v) is 13.9. The molecule has 0 aromatic rings. The highest BCUT2D eigenvalue weighted by atomic mass is 16.5. The summed E-state index contributed by atoms with van der Waals surface area (Å²) in [6.45, 7) is 8.91. The molecule has 6 nitrogen and oxygen atoms in total. The lowest BCUT2D eigenvalue weighted by atomic mass is 9.88. The number of carboxylic acids is 1. The summed E-state index contributed by atoms with van der Waals surface area (Å²) >= 11 is 0. The number of methoxy groups -OCH3 is 1. The summed E-state index contributed by atoms with van der Waals surface area (Å²) in [6, 6.07) is -0.224. The van der Waals surface area contributed by atoms with Crippen LogP contribution in [0.4, 0.5) is 4.79 Å². The molecule has 0 aliphatic heterocycles. The molecule has 0 aromatic carbocycles. The van der Waals surface area contributed by atoms with Crippen molar-refractivity contribution in [3.63, 3.8) is 0 Å². The molecule has 1 atom stereocenters. The maximum Gasteiger partial charge on any atom is 0.315 e. The Kier molecular flexibility index (Phi) is 9.01. The molecule has 0 aromatic heterocycles. The van der Waals surface area contributed by atoms with E-state index in [4.69, 9.17) is 9.84 Å². The van der Waals surface area contributed by atoms with Gasteiger partial charge in [0.25, 0.3) is 0 Å². The SMILES string of the molecule is COCC(C)(C)NC(=O)NCCC(CCC(=O)O)C(C)C. The lowest BCUT2D eigenvalue weighted by molar-refractivity contribution is -0.137. The smallest absolute Gasteiger partial charge is 0.315 e. The fourth-order valence-corrected chi connectivity index (χ4v) is 2.24. The van der Waals surface area contributed by atoms with E-state index in [1.54, 1.807) is 7.11 Å². The Bertz CT molecular complexity index is 330. The third-order valence-corrected chi connectivity index (χ3v) is 3.43. The number of carbonyl (C=O) groups excluding carboxylic acids is 1. The zero-order chi connectivity index (χ0) is 16.5. The summed E-state index contributed by atoms with van der Waals surface area (Å²) < 4.78 is 5.04. The molecule has 2 amide bonds. The standard InChI is InChI=1S/C15H30N2O4/c1-11(2)12(6-7-13(18)19)8-9-16-14(20)17-15(3,4)10-21-5/h11-12H,6-10H2,1-5H3,(H,18,19)(H2,16,17,20). The molecule has 124 valence electrons. The van der Waals surface area contributed by atoms with Crippen LogP contribution in [0.15, 0.2) is 0 Å². The van der Waals surface area contributed by atoms with Crippen LogP contribution in [0.1, 0.15) is 47.0 Å². The van der Waals surface area contributed by atoms with Gasteiger partial charge in [0.05, 0.1) is 12.1 Å². The van der Waals surface area contributed by atoms with Gasteiger partial charge in [-0.15, -0.1) is 0 Å². The van der Waals surface area contributed by atoms with Crippen molar-refractivity contribution >= 4 is 12.0 Å². The molecule has 0 aliphatic rings. The fraction of sp³-hybridized carbons (Fsp3) is 0.867. The first-order chi connectivity index (χ1) is 9.68. The van der Waals surface area contributed by atoms with E-state index in [1.807, 2.05) is 13.8 Å². The molecule has 21 heavy (non-hydrogen) atoms. The number of ether oxygens (including phenoxy) is 1. The van der Waals surface area contributed by atoms with Gasteiger partial charge in [0.2, 0.25) is 0 Å². The van der Waals surface area contributed by atoms with E-state index in [2.05, 4.69) is 24.5 Å². The molecule has 0 bridgehead atoms. The van der Waals surface area contributed by atoms with Gasteiger partial charge < -0.3 is 20.5 Å². The van der Waals surface area contributed by atoms with Gasteiger partial charge in [-0.1, -0.05) is 13.8 Å². The molecule has 0 saturated heterocycles. The zero-order valence-electron chi connectivity index (χ0n) is 13.9. The number of carbonyl (C=O) groups is 2. The lowest BCUT2D eigenvalue weighted by Gasteiger charge is -2.26. The number of aliphatic carboxylic acids is 1. The first-order valence-corrected chi connectivity index (χ1v) is 7.44. The summed E-state index contributed by atoms with van der Waals surface area (Å²) in [5.41, 5.74) is -0.417. The van der Waals surface area contributed by atoms with Crippen molar-refractivity contribution in [1.82, 2.24) is 10.6 Å². The Morgan fingerprint density at radius 2 is 1.86 bits per heavy atom. The molecule has 0 radical (unpaired) electrons. The maximum atomic E-state index is 11.8.